The van der Waals surface area contributed by atoms with Crippen molar-refractivity contribution in [2.24, 2.45) is 0 Å². The highest BCUT2D eigenvalue weighted by molar-refractivity contribution is 9.10. The number of benzene rings is 1. The molecule has 68 valence electrons. The first-order valence-corrected chi connectivity index (χ1v) is 4.95. The van der Waals surface area contributed by atoms with Crippen LogP contribution < -0.4 is 4.74 Å². The largest absolute Gasteiger partial charge is 0.489 e. The topological polar surface area (TPSA) is 26.3 Å². The van der Waals surface area contributed by atoms with Gasteiger partial charge >= 0.3 is 0 Å². The van der Waals surface area contributed by atoms with Gasteiger partial charge in [-0.25, -0.2) is 0 Å². The maximum atomic E-state index is 11.5. The summed E-state index contributed by atoms with van der Waals surface area (Å²) in [5, 5.41) is 0. The number of fused-ring (bicyclic) bond motifs is 1. The van der Waals surface area contributed by atoms with Crippen LogP contribution in [-0.4, -0.2) is 11.9 Å². The highest BCUT2D eigenvalue weighted by Gasteiger charge is 2.23. The number of halogens is 1. The van der Waals surface area contributed by atoms with Crippen LogP contribution in [0.4, 0.5) is 0 Å². The third-order valence-electron chi connectivity index (χ3n) is 2.04. The number of rotatable bonds is 0. The van der Waals surface area contributed by atoms with E-state index in [1.807, 2.05) is 25.1 Å². The summed E-state index contributed by atoms with van der Waals surface area (Å²) in [7, 11) is 0. The third kappa shape index (κ3) is 1.61. The fourth-order valence-electron chi connectivity index (χ4n) is 1.45. The first kappa shape index (κ1) is 8.75. The molecule has 1 unspecified atom stereocenters. The number of ether oxygens (including phenoxy) is 1. The Labute approximate surface area is 85.0 Å². The van der Waals surface area contributed by atoms with Gasteiger partial charge in [-0.2, -0.15) is 0 Å². The first-order chi connectivity index (χ1) is 6.16. The lowest BCUT2D eigenvalue weighted by atomic mass is 10.0. The van der Waals surface area contributed by atoms with Crippen molar-refractivity contribution in [3.8, 4) is 5.75 Å². The summed E-state index contributed by atoms with van der Waals surface area (Å²) in [5.41, 5.74) is 0.687. The molecule has 0 saturated heterocycles. The molecule has 2 nitrogen and oxygen atoms in total. The molecule has 0 amide bonds. The molecule has 0 aliphatic carbocycles. The van der Waals surface area contributed by atoms with Gasteiger partial charge in [0.25, 0.3) is 0 Å². The van der Waals surface area contributed by atoms with Crippen LogP contribution in [0.15, 0.2) is 22.7 Å². The molecule has 1 aromatic rings. The van der Waals surface area contributed by atoms with Crippen LogP contribution in [0.3, 0.4) is 0 Å². The summed E-state index contributed by atoms with van der Waals surface area (Å²) < 4.78 is 6.43. The van der Waals surface area contributed by atoms with Crippen LogP contribution in [0.1, 0.15) is 23.7 Å². The Morgan fingerprint density at radius 2 is 2.31 bits per heavy atom. The molecule has 0 saturated carbocycles. The Balaban J connectivity index is 2.49. The van der Waals surface area contributed by atoms with Crippen molar-refractivity contribution in [3.63, 3.8) is 0 Å². The zero-order chi connectivity index (χ0) is 9.42. The van der Waals surface area contributed by atoms with E-state index in [2.05, 4.69) is 15.9 Å². The fraction of sp³-hybridized carbons (Fsp3) is 0.300. The molecule has 0 N–H and O–H groups in total. The Bertz CT molecular complexity index is 360. The molecular formula is C10H9BrO2. The van der Waals surface area contributed by atoms with Crippen LogP contribution in [0.25, 0.3) is 0 Å². The summed E-state index contributed by atoms with van der Waals surface area (Å²) in [6, 6.07) is 5.51. The Morgan fingerprint density at radius 3 is 3.08 bits per heavy atom. The van der Waals surface area contributed by atoms with Crippen molar-refractivity contribution >= 4 is 21.7 Å². The van der Waals surface area contributed by atoms with Crippen molar-refractivity contribution < 1.29 is 9.53 Å². The zero-order valence-corrected chi connectivity index (χ0v) is 8.80. The molecule has 0 radical (unpaired) electrons. The summed E-state index contributed by atoms with van der Waals surface area (Å²) in [5.74, 6) is 0.863. The fourth-order valence-corrected chi connectivity index (χ4v) is 1.81. The molecule has 1 aliphatic heterocycles. The van der Waals surface area contributed by atoms with Crippen LogP contribution in [0.5, 0.6) is 5.75 Å². The molecule has 0 fully saturated rings. The van der Waals surface area contributed by atoms with Gasteiger partial charge in [-0.05, 0) is 25.1 Å². The Morgan fingerprint density at radius 1 is 1.54 bits per heavy atom. The lowest BCUT2D eigenvalue weighted by Gasteiger charge is -2.22. The van der Waals surface area contributed by atoms with Gasteiger partial charge in [0.2, 0.25) is 0 Å². The first-order valence-electron chi connectivity index (χ1n) is 4.16. The van der Waals surface area contributed by atoms with Gasteiger partial charge in [0.15, 0.2) is 5.78 Å². The number of ketones is 1. The summed E-state index contributed by atoms with van der Waals surface area (Å²) in [6.45, 7) is 1.91. The van der Waals surface area contributed by atoms with E-state index in [0.29, 0.717) is 17.7 Å². The summed E-state index contributed by atoms with van der Waals surface area (Å²) in [6.07, 6.45) is 0.477. The van der Waals surface area contributed by atoms with Crippen molar-refractivity contribution in [1.82, 2.24) is 0 Å². The molecule has 0 spiro atoms. The third-order valence-corrected chi connectivity index (χ3v) is 2.54. The van der Waals surface area contributed by atoms with Gasteiger partial charge < -0.3 is 4.74 Å². The number of hydrogen-bond acceptors (Lipinski definition) is 2. The molecule has 13 heavy (non-hydrogen) atoms. The maximum Gasteiger partial charge on any atom is 0.170 e. The van der Waals surface area contributed by atoms with Crippen molar-refractivity contribution in [2.75, 3.05) is 0 Å². The number of Topliss-reactive ketones (excluding diaryl/α,β-unsaturated/α-hetero) is 1. The molecule has 1 heterocycles. The van der Waals surface area contributed by atoms with Gasteiger partial charge in [-0.15, -0.1) is 0 Å². The number of carbonyl (C=O) groups excluding carboxylic acids is 1. The quantitative estimate of drug-likeness (QED) is 0.698. The molecule has 1 aliphatic rings. The normalized spacial score (nSPS) is 20.8. The van der Waals surface area contributed by atoms with E-state index in [1.54, 1.807) is 0 Å². The Hall–Kier alpha value is -0.830. The summed E-state index contributed by atoms with van der Waals surface area (Å²) in [4.78, 5) is 11.5. The predicted octanol–water partition coefficient (Wildman–Crippen LogP) is 2.80. The number of carbonyl (C=O) groups is 1. The molecular weight excluding hydrogens is 232 g/mol. The van der Waals surface area contributed by atoms with Gasteiger partial charge in [0.05, 0.1) is 5.56 Å². The minimum Gasteiger partial charge on any atom is -0.489 e. The Kier molecular flexibility index (Phi) is 2.12. The smallest absolute Gasteiger partial charge is 0.170 e. The lowest BCUT2D eigenvalue weighted by molar-refractivity contribution is 0.0871. The molecule has 1 aromatic carbocycles. The van der Waals surface area contributed by atoms with E-state index < -0.39 is 0 Å². The van der Waals surface area contributed by atoms with Gasteiger partial charge in [-0.1, -0.05) is 15.9 Å². The van der Waals surface area contributed by atoms with E-state index in [-0.39, 0.29) is 11.9 Å². The monoisotopic (exact) mass is 240 g/mol. The van der Waals surface area contributed by atoms with Crippen LogP contribution in [0, 0.1) is 0 Å². The molecule has 2 rings (SSSR count). The average molecular weight is 241 g/mol. The average Bonchev–Trinajstić information content (AvgIpc) is 2.06. The zero-order valence-electron chi connectivity index (χ0n) is 7.21. The van der Waals surface area contributed by atoms with E-state index in [9.17, 15) is 4.79 Å². The molecule has 1 atom stereocenters. The predicted molar refractivity (Wildman–Crippen MR) is 53.2 cm³/mol. The van der Waals surface area contributed by atoms with Gasteiger partial charge in [0, 0.05) is 10.9 Å². The molecule has 0 bridgehead atoms. The van der Waals surface area contributed by atoms with Crippen LogP contribution >= 0.6 is 15.9 Å². The van der Waals surface area contributed by atoms with Crippen LogP contribution in [0.2, 0.25) is 0 Å². The van der Waals surface area contributed by atoms with E-state index in [4.69, 9.17) is 4.74 Å². The van der Waals surface area contributed by atoms with E-state index >= 15 is 0 Å². The highest BCUT2D eigenvalue weighted by Crippen LogP contribution is 2.29. The minimum absolute atomic E-state index is 0.00109. The van der Waals surface area contributed by atoms with Crippen LogP contribution in [-0.2, 0) is 0 Å². The molecule has 3 heteroatoms. The molecule has 0 aromatic heterocycles. The van der Waals surface area contributed by atoms with Crippen molar-refractivity contribution in [3.05, 3.63) is 28.2 Å². The second-order valence-corrected chi connectivity index (χ2v) is 4.11. The standard InChI is InChI=1S/C10H9BrO2/c1-6-4-9(12)8-5-7(11)2-3-10(8)13-6/h2-3,5-6H,4H2,1H3. The van der Waals surface area contributed by atoms with Crippen molar-refractivity contribution in [1.29, 1.82) is 0 Å². The lowest BCUT2D eigenvalue weighted by Crippen LogP contribution is -2.23. The number of hydrogen-bond donors (Lipinski definition) is 0. The SMILES string of the molecule is CC1CC(=O)c2cc(Br)ccc2O1. The van der Waals surface area contributed by atoms with Gasteiger partial charge in [-0.3, -0.25) is 4.79 Å². The van der Waals surface area contributed by atoms with E-state index in [1.165, 1.54) is 0 Å². The van der Waals surface area contributed by atoms with Crippen molar-refractivity contribution in [2.45, 2.75) is 19.4 Å². The van der Waals surface area contributed by atoms with E-state index in [0.717, 1.165) is 4.47 Å². The summed E-state index contributed by atoms with van der Waals surface area (Å²) >= 11 is 3.33. The highest BCUT2D eigenvalue weighted by atomic mass is 79.9. The second-order valence-electron chi connectivity index (χ2n) is 3.20. The maximum absolute atomic E-state index is 11.5. The minimum atomic E-state index is 0.00109. The second kappa shape index (κ2) is 3.14. The van der Waals surface area contributed by atoms with Gasteiger partial charge in [0.1, 0.15) is 11.9 Å².